The lowest BCUT2D eigenvalue weighted by Gasteiger charge is -2.04. The van der Waals surface area contributed by atoms with Crippen LogP contribution in [0.2, 0.25) is 0 Å². The summed E-state index contributed by atoms with van der Waals surface area (Å²) in [5.74, 6) is -1.77. The molecule has 5 heteroatoms. The average molecular weight is 202 g/mol. The summed E-state index contributed by atoms with van der Waals surface area (Å²) >= 11 is 0. The van der Waals surface area contributed by atoms with Gasteiger partial charge in [-0.25, -0.2) is 13.6 Å². The summed E-state index contributed by atoms with van der Waals surface area (Å²) in [6.07, 6.45) is -1.02. The monoisotopic (exact) mass is 202 g/mol. The second-order valence-electron chi connectivity index (χ2n) is 2.57. The molecule has 0 saturated carbocycles. The minimum atomic E-state index is -1.02. The van der Waals surface area contributed by atoms with E-state index >= 15 is 0 Å². The highest BCUT2D eigenvalue weighted by atomic mass is 19.1. The summed E-state index contributed by atoms with van der Waals surface area (Å²) in [7, 11) is 1.10. The standard InChI is InChI=1S/C9H8F2O3/c1-5-7(10)3-6(4-8(5)11)14-9(12)13-2/h3-4H,1-2H3. The smallest absolute Gasteiger partial charge is 0.437 e. The van der Waals surface area contributed by atoms with Crippen LogP contribution in [0.4, 0.5) is 13.6 Å². The summed E-state index contributed by atoms with van der Waals surface area (Å²) in [6, 6.07) is 1.82. The summed E-state index contributed by atoms with van der Waals surface area (Å²) in [4.78, 5) is 10.6. The lowest BCUT2D eigenvalue weighted by atomic mass is 10.2. The van der Waals surface area contributed by atoms with Gasteiger partial charge in [-0.1, -0.05) is 0 Å². The molecule has 0 spiro atoms. The maximum Gasteiger partial charge on any atom is 0.513 e. The lowest BCUT2D eigenvalue weighted by molar-refractivity contribution is 0.121. The molecule has 0 aliphatic heterocycles. The Balaban J connectivity index is 2.95. The molecule has 0 fully saturated rings. The van der Waals surface area contributed by atoms with Crippen molar-refractivity contribution < 1.29 is 23.0 Å². The highest BCUT2D eigenvalue weighted by molar-refractivity contribution is 5.63. The number of rotatable bonds is 1. The topological polar surface area (TPSA) is 35.5 Å². The average Bonchev–Trinajstić information content (AvgIpc) is 2.14. The summed E-state index contributed by atoms with van der Waals surface area (Å²) in [5, 5.41) is 0. The van der Waals surface area contributed by atoms with Crippen molar-refractivity contribution in [3.05, 3.63) is 29.3 Å². The van der Waals surface area contributed by atoms with E-state index < -0.39 is 17.8 Å². The number of methoxy groups -OCH3 is 1. The van der Waals surface area contributed by atoms with Gasteiger partial charge in [0.2, 0.25) is 0 Å². The van der Waals surface area contributed by atoms with E-state index in [0.717, 1.165) is 19.2 Å². The molecule has 0 bridgehead atoms. The van der Waals surface area contributed by atoms with Crippen LogP contribution in [0.15, 0.2) is 12.1 Å². The number of halogens is 2. The van der Waals surface area contributed by atoms with Gasteiger partial charge in [-0.3, -0.25) is 0 Å². The Hall–Kier alpha value is -1.65. The Morgan fingerprint density at radius 3 is 2.21 bits per heavy atom. The maximum absolute atomic E-state index is 12.9. The fraction of sp³-hybridized carbons (Fsp3) is 0.222. The summed E-state index contributed by atoms with van der Waals surface area (Å²) in [6.45, 7) is 1.28. The fourth-order valence-corrected chi connectivity index (χ4v) is 0.819. The first-order chi connectivity index (χ1) is 6.54. The Kier molecular flexibility index (Phi) is 3.01. The van der Waals surface area contributed by atoms with Crippen molar-refractivity contribution in [2.45, 2.75) is 6.92 Å². The minimum absolute atomic E-state index is 0.123. The van der Waals surface area contributed by atoms with E-state index in [2.05, 4.69) is 9.47 Å². The number of hydrogen-bond donors (Lipinski definition) is 0. The van der Waals surface area contributed by atoms with E-state index in [1.54, 1.807) is 0 Å². The number of hydrogen-bond acceptors (Lipinski definition) is 3. The molecular weight excluding hydrogens is 194 g/mol. The van der Waals surface area contributed by atoms with Gasteiger partial charge in [0.05, 0.1) is 7.11 Å². The van der Waals surface area contributed by atoms with E-state index in [9.17, 15) is 13.6 Å². The predicted octanol–water partition coefficient (Wildman–Crippen LogP) is 2.42. The molecule has 0 atom stereocenters. The zero-order chi connectivity index (χ0) is 10.7. The maximum atomic E-state index is 12.9. The molecule has 3 nitrogen and oxygen atoms in total. The fourth-order valence-electron chi connectivity index (χ4n) is 0.819. The van der Waals surface area contributed by atoms with Crippen LogP contribution in [-0.4, -0.2) is 13.3 Å². The van der Waals surface area contributed by atoms with E-state index in [1.807, 2.05) is 0 Å². The van der Waals surface area contributed by atoms with Crippen LogP contribution in [0, 0.1) is 18.6 Å². The van der Waals surface area contributed by atoms with E-state index in [4.69, 9.17) is 0 Å². The molecule has 76 valence electrons. The van der Waals surface area contributed by atoms with E-state index in [-0.39, 0.29) is 11.3 Å². The Bertz CT molecular complexity index is 340. The molecule has 0 unspecified atom stereocenters. The summed E-state index contributed by atoms with van der Waals surface area (Å²) < 4.78 is 34.4. The second kappa shape index (κ2) is 4.04. The first-order valence-electron chi connectivity index (χ1n) is 3.76. The molecule has 0 aromatic heterocycles. The van der Waals surface area contributed by atoms with Gasteiger partial charge in [0.15, 0.2) is 0 Å². The predicted molar refractivity (Wildman–Crippen MR) is 44.1 cm³/mol. The molecule has 0 aliphatic rings. The van der Waals surface area contributed by atoms with Gasteiger partial charge in [-0.2, -0.15) is 0 Å². The third-order valence-corrected chi connectivity index (χ3v) is 1.62. The highest BCUT2D eigenvalue weighted by Gasteiger charge is 2.10. The molecule has 0 heterocycles. The molecule has 14 heavy (non-hydrogen) atoms. The molecule has 0 N–H and O–H groups in total. The molecule has 0 radical (unpaired) electrons. The molecular formula is C9H8F2O3. The van der Waals surface area contributed by atoms with Crippen LogP contribution >= 0.6 is 0 Å². The molecule has 1 aromatic carbocycles. The van der Waals surface area contributed by atoms with Gasteiger partial charge in [0.1, 0.15) is 17.4 Å². The largest absolute Gasteiger partial charge is 0.513 e. The van der Waals surface area contributed by atoms with Gasteiger partial charge in [0, 0.05) is 17.7 Å². The van der Waals surface area contributed by atoms with Crippen molar-refractivity contribution in [1.82, 2.24) is 0 Å². The van der Waals surface area contributed by atoms with Gasteiger partial charge in [-0.05, 0) is 6.92 Å². The van der Waals surface area contributed by atoms with Gasteiger partial charge < -0.3 is 9.47 Å². The third kappa shape index (κ3) is 2.18. The molecule has 0 aliphatic carbocycles. The van der Waals surface area contributed by atoms with Crippen LogP contribution in [0.1, 0.15) is 5.56 Å². The van der Waals surface area contributed by atoms with Crippen molar-refractivity contribution in [3.63, 3.8) is 0 Å². The van der Waals surface area contributed by atoms with Gasteiger partial charge >= 0.3 is 6.16 Å². The molecule has 0 amide bonds. The zero-order valence-electron chi connectivity index (χ0n) is 7.64. The minimum Gasteiger partial charge on any atom is -0.437 e. The van der Waals surface area contributed by atoms with E-state index in [1.165, 1.54) is 6.92 Å². The van der Waals surface area contributed by atoms with E-state index in [0.29, 0.717) is 0 Å². The lowest BCUT2D eigenvalue weighted by Crippen LogP contribution is -2.08. The van der Waals surface area contributed by atoms with Crippen LogP contribution in [0.25, 0.3) is 0 Å². The summed E-state index contributed by atoms with van der Waals surface area (Å²) in [5.41, 5.74) is -0.123. The Morgan fingerprint density at radius 2 is 1.79 bits per heavy atom. The van der Waals surface area contributed by atoms with Crippen LogP contribution < -0.4 is 4.74 Å². The molecule has 1 rings (SSSR count). The van der Waals surface area contributed by atoms with Crippen LogP contribution in [-0.2, 0) is 4.74 Å². The second-order valence-corrected chi connectivity index (χ2v) is 2.57. The number of carbonyl (C=O) groups is 1. The molecule has 1 aromatic rings. The van der Waals surface area contributed by atoms with Crippen molar-refractivity contribution in [3.8, 4) is 5.75 Å². The van der Waals surface area contributed by atoms with Gasteiger partial charge in [0.25, 0.3) is 0 Å². The first-order valence-corrected chi connectivity index (χ1v) is 3.76. The SMILES string of the molecule is COC(=O)Oc1cc(F)c(C)c(F)c1. The third-order valence-electron chi connectivity index (χ3n) is 1.62. The van der Waals surface area contributed by atoms with Crippen LogP contribution in [0.3, 0.4) is 0 Å². The Morgan fingerprint density at radius 1 is 1.29 bits per heavy atom. The number of ether oxygens (including phenoxy) is 2. The quantitative estimate of drug-likeness (QED) is 0.518. The number of benzene rings is 1. The zero-order valence-corrected chi connectivity index (χ0v) is 7.64. The first kappa shape index (κ1) is 10.4. The van der Waals surface area contributed by atoms with Gasteiger partial charge in [-0.15, -0.1) is 0 Å². The van der Waals surface area contributed by atoms with Crippen molar-refractivity contribution in [2.24, 2.45) is 0 Å². The van der Waals surface area contributed by atoms with Crippen molar-refractivity contribution >= 4 is 6.16 Å². The van der Waals surface area contributed by atoms with Crippen LogP contribution in [0.5, 0.6) is 5.75 Å². The highest BCUT2D eigenvalue weighted by Crippen LogP contribution is 2.19. The Labute approximate surface area is 79.2 Å². The number of carbonyl (C=O) groups excluding carboxylic acids is 1. The molecule has 0 saturated heterocycles. The van der Waals surface area contributed by atoms with Crippen molar-refractivity contribution in [2.75, 3.05) is 7.11 Å². The van der Waals surface area contributed by atoms with Crippen molar-refractivity contribution in [1.29, 1.82) is 0 Å². The normalized spacial score (nSPS) is 9.71.